The van der Waals surface area contributed by atoms with Gasteiger partial charge in [-0.05, 0) is 24.5 Å². The van der Waals surface area contributed by atoms with Crippen LogP contribution in [-0.4, -0.2) is 44.1 Å². The first-order chi connectivity index (χ1) is 15.1. The van der Waals surface area contributed by atoms with Crippen molar-refractivity contribution >= 4 is 39.6 Å². The van der Waals surface area contributed by atoms with Crippen LogP contribution in [-0.2, 0) is 25.4 Å². The number of carbonyl (C=O) groups is 2. The Morgan fingerprint density at radius 3 is 2.53 bits per heavy atom. The monoisotopic (exact) mass is 462 g/mol. The Kier molecular flexibility index (Phi) is 8.53. The fourth-order valence-corrected chi connectivity index (χ4v) is 4.31. The van der Waals surface area contributed by atoms with Crippen molar-refractivity contribution in [1.29, 1.82) is 0 Å². The van der Waals surface area contributed by atoms with E-state index < -0.39 is 27.5 Å². The lowest BCUT2D eigenvalue weighted by molar-refractivity contribution is -0.119. The van der Waals surface area contributed by atoms with Gasteiger partial charge in [0.1, 0.15) is 12.0 Å². The molecule has 172 valence electrons. The van der Waals surface area contributed by atoms with Crippen LogP contribution >= 0.6 is 0 Å². The highest BCUT2D eigenvalue weighted by molar-refractivity contribution is 7.91. The Balaban J connectivity index is 2.37. The number of pyridine rings is 1. The molecule has 0 saturated carbocycles. The third-order valence-corrected chi connectivity index (χ3v) is 5.66. The number of anilines is 2. The number of benzene rings is 1. The predicted molar refractivity (Wildman–Crippen MR) is 123 cm³/mol. The number of carbonyl (C=O) groups excluding carboxylic acids is 2. The second-order valence-electron chi connectivity index (χ2n) is 6.96. The van der Waals surface area contributed by atoms with Crippen molar-refractivity contribution in [1.82, 2.24) is 4.98 Å². The zero-order valence-electron chi connectivity index (χ0n) is 17.5. The lowest BCUT2D eigenvalue weighted by atomic mass is 10.1. The number of nitrogens with two attached hydrogens (primary N) is 2. The standard InChI is InChI=1S/C20H26N6O5S/c1-14(28)26(16(12-27)8-5-10-24-20(21)22)17-9-11-23-19(29)18(17)25-32(30,31)13-15-6-3-2-4-7-15/h2-4,6-7,9,11-12,16,25H,5,8,10,13H2,1H3,(H,23,29)(H4,21,22,24)/t16-/m0/s1. The number of nitrogens with zero attached hydrogens (tertiary/aromatic N) is 2. The number of aliphatic imine (C=N–C) groups is 1. The number of nitrogens with one attached hydrogen (secondary N) is 2. The zero-order valence-corrected chi connectivity index (χ0v) is 18.3. The molecule has 6 N–H and O–H groups in total. The van der Waals surface area contributed by atoms with E-state index in [9.17, 15) is 22.8 Å². The van der Waals surface area contributed by atoms with E-state index in [1.165, 1.54) is 19.2 Å². The van der Waals surface area contributed by atoms with Crippen LogP contribution in [0.25, 0.3) is 0 Å². The van der Waals surface area contributed by atoms with E-state index in [0.29, 0.717) is 18.3 Å². The highest BCUT2D eigenvalue weighted by Crippen LogP contribution is 2.26. The summed E-state index contributed by atoms with van der Waals surface area (Å²) in [5.74, 6) is -1.02. The molecule has 32 heavy (non-hydrogen) atoms. The average Bonchev–Trinajstić information content (AvgIpc) is 2.72. The molecule has 0 aliphatic carbocycles. The maximum Gasteiger partial charge on any atom is 0.274 e. The van der Waals surface area contributed by atoms with Crippen molar-refractivity contribution in [3.05, 3.63) is 58.5 Å². The van der Waals surface area contributed by atoms with Gasteiger partial charge in [0.15, 0.2) is 5.96 Å². The van der Waals surface area contributed by atoms with Crippen molar-refractivity contribution in [3.8, 4) is 0 Å². The molecule has 12 heteroatoms. The van der Waals surface area contributed by atoms with Gasteiger partial charge in [-0.3, -0.25) is 19.3 Å². The number of aldehydes is 1. The molecule has 2 rings (SSSR count). The smallest absolute Gasteiger partial charge is 0.274 e. The Morgan fingerprint density at radius 1 is 1.25 bits per heavy atom. The topological polar surface area (TPSA) is 181 Å². The Labute approximate surface area is 185 Å². The van der Waals surface area contributed by atoms with E-state index in [1.54, 1.807) is 30.3 Å². The van der Waals surface area contributed by atoms with Gasteiger partial charge in [-0.1, -0.05) is 30.3 Å². The second-order valence-corrected chi connectivity index (χ2v) is 8.68. The number of aromatic amines is 1. The largest absolute Gasteiger partial charge is 0.370 e. The molecule has 11 nitrogen and oxygen atoms in total. The van der Waals surface area contributed by atoms with Crippen LogP contribution in [0.3, 0.4) is 0 Å². The minimum Gasteiger partial charge on any atom is -0.370 e. The van der Waals surface area contributed by atoms with Gasteiger partial charge in [0.2, 0.25) is 15.9 Å². The summed E-state index contributed by atoms with van der Waals surface area (Å²) in [6, 6.07) is 8.81. The van der Waals surface area contributed by atoms with Gasteiger partial charge < -0.3 is 26.1 Å². The first kappa shape index (κ1) is 24.6. The van der Waals surface area contributed by atoms with E-state index in [4.69, 9.17) is 11.5 Å². The van der Waals surface area contributed by atoms with Gasteiger partial charge in [0.05, 0.1) is 17.5 Å². The number of guanidine groups is 1. The molecule has 0 bridgehead atoms. The summed E-state index contributed by atoms with van der Waals surface area (Å²) in [6.45, 7) is 1.46. The fraction of sp³-hybridized carbons (Fsp3) is 0.300. The third-order valence-electron chi connectivity index (χ3n) is 4.44. The van der Waals surface area contributed by atoms with Crippen LogP contribution in [0.5, 0.6) is 0 Å². The van der Waals surface area contributed by atoms with Crippen LogP contribution in [0.4, 0.5) is 11.4 Å². The fourth-order valence-electron chi connectivity index (χ4n) is 3.10. The number of hydrogen-bond donors (Lipinski definition) is 4. The summed E-state index contributed by atoms with van der Waals surface area (Å²) in [5.41, 5.74) is 9.94. The van der Waals surface area contributed by atoms with Gasteiger partial charge >= 0.3 is 0 Å². The van der Waals surface area contributed by atoms with Gasteiger partial charge in [0.25, 0.3) is 5.56 Å². The molecule has 0 aliphatic rings. The molecule has 1 atom stereocenters. The quantitative estimate of drug-likeness (QED) is 0.160. The van der Waals surface area contributed by atoms with Gasteiger partial charge in [-0.15, -0.1) is 0 Å². The van der Waals surface area contributed by atoms with E-state index in [-0.39, 0.29) is 36.1 Å². The lowest BCUT2D eigenvalue weighted by Crippen LogP contribution is -2.42. The van der Waals surface area contributed by atoms with Gasteiger partial charge in [-0.2, -0.15) is 0 Å². The van der Waals surface area contributed by atoms with Crippen molar-refractivity contribution in [2.24, 2.45) is 16.5 Å². The summed E-state index contributed by atoms with van der Waals surface area (Å²) >= 11 is 0. The van der Waals surface area contributed by atoms with E-state index in [2.05, 4.69) is 14.7 Å². The van der Waals surface area contributed by atoms with Crippen LogP contribution in [0.2, 0.25) is 0 Å². The molecule has 1 aromatic carbocycles. The zero-order chi connectivity index (χ0) is 23.7. The van der Waals surface area contributed by atoms with Crippen LogP contribution < -0.4 is 26.6 Å². The van der Waals surface area contributed by atoms with Crippen LogP contribution in [0.1, 0.15) is 25.3 Å². The number of H-pyrrole nitrogens is 1. The van der Waals surface area contributed by atoms with Crippen LogP contribution in [0, 0.1) is 0 Å². The first-order valence-electron chi connectivity index (χ1n) is 9.71. The lowest BCUT2D eigenvalue weighted by Gasteiger charge is -2.28. The van der Waals surface area contributed by atoms with Crippen molar-refractivity contribution < 1.29 is 18.0 Å². The maximum atomic E-state index is 12.7. The molecular formula is C20H26N6O5S. The summed E-state index contributed by atoms with van der Waals surface area (Å²) in [4.78, 5) is 44.0. The SMILES string of the molecule is CC(=O)N(c1cc[nH]c(=O)c1NS(=O)(=O)Cc1ccccc1)[C@H](C=O)CCCN=C(N)N. The van der Waals surface area contributed by atoms with Crippen molar-refractivity contribution in [2.45, 2.75) is 31.6 Å². The highest BCUT2D eigenvalue weighted by Gasteiger charge is 2.27. The molecule has 0 radical (unpaired) electrons. The Hall–Kier alpha value is -3.67. The number of amides is 1. The molecule has 0 fully saturated rings. The highest BCUT2D eigenvalue weighted by atomic mass is 32.2. The normalized spacial score (nSPS) is 11.9. The molecule has 0 saturated heterocycles. The molecule has 1 amide bonds. The summed E-state index contributed by atoms with van der Waals surface area (Å²) < 4.78 is 27.7. The minimum atomic E-state index is -4.00. The molecular weight excluding hydrogens is 436 g/mol. The molecule has 0 aliphatic heterocycles. The second kappa shape index (κ2) is 11.1. The molecule has 1 aromatic heterocycles. The average molecular weight is 463 g/mol. The van der Waals surface area contributed by atoms with E-state index >= 15 is 0 Å². The number of hydrogen-bond acceptors (Lipinski definition) is 6. The number of aromatic nitrogens is 1. The Bertz CT molecular complexity index is 1130. The number of rotatable bonds is 11. The Morgan fingerprint density at radius 2 is 1.94 bits per heavy atom. The predicted octanol–water partition coefficient (Wildman–Crippen LogP) is 0.291. The summed E-state index contributed by atoms with van der Waals surface area (Å²) in [7, 11) is -4.00. The van der Waals surface area contributed by atoms with Crippen LogP contribution in [0.15, 0.2) is 52.4 Å². The molecule has 1 heterocycles. The molecule has 2 aromatic rings. The van der Waals surface area contributed by atoms with Crippen molar-refractivity contribution in [2.75, 3.05) is 16.2 Å². The van der Waals surface area contributed by atoms with Gasteiger partial charge in [-0.25, -0.2) is 8.42 Å². The third kappa shape index (κ3) is 6.94. The maximum absolute atomic E-state index is 12.7. The van der Waals surface area contributed by atoms with E-state index in [1.807, 2.05) is 0 Å². The summed E-state index contributed by atoms with van der Waals surface area (Å²) in [6.07, 6.45) is 2.40. The number of sulfonamides is 1. The van der Waals surface area contributed by atoms with Crippen molar-refractivity contribution in [3.63, 3.8) is 0 Å². The van der Waals surface area contributed by atoms with Gasteiger partial charge in [0, 0.05) is 19.7 Å². The molecule has 0 spiro atoms. The van der Waals surface area contributed by atoms with E-state index in [0.717, 1.165) is 4.90 Å². The first-order valence-corrected chi connectivity index (χ1v) is 11.4. The minimum absolute atomic E-state index is 0.0307. The molecule has 0 unspecified atom stereocenters. The summed E-state index contributed by atoms with van der Waals surface area (Å²) in [5, 5.41) is 0.